The number of nitrogens with one attached hydrogen (secondary N) is 1. The van der Waals surface area contributed by atoms with E-state index >= 15 is 0 Å². The second kappa shape index (κ2) is 5.71. The number of carbonyl (C=O) groups is 1. The third-order valence-corrected chi connectivity index (χ3v) is 2.31. The van der Waals surface area contributed by atoms with Crippen molar-refractivity contribution < 1.29 is 9.53 Å². The van der Waals surface area contributed by atoms with E-state index in [0.29, 0.717) is 13.0 Å². The van der Waals surface area contributed by atoms with Crippen LogP contribution in [0.3, 0.4) is 0 Å². The van der Waals surface area contributed by atoms with Gasteiger partial charge in [0.2, 0.25) is 5.91 Å². The van der Waals surface area contributed by atoms with Crippen molar-refractivity contribution in [1.29, 1.82) is 0 Å². The highest BCUT2D eigenvalue weighted by Crippen LogP contribution is 2.18. The Morgan fingerprint density at radius 3 is 2.65 bits per heavy atom. The molecule has 1 N–H and O–H groups in total. The molecule has 3 nitrogen and oxygen atoms in total. The summed E-state index contributed by atoms with van der Waals surface area (Å²) in [6.45, 7) is 6.71. The van der Waals surface area contributed by atoms with Gasteiger partial charge in [-0.25, -0.2) is 0 Å². The van der Waals surface area contributed by atoms with Crippen molar-refractivity contribution in [3.05, 3.63) is 29.8 Å². The monoisotopic (exact) mass is 235 g/mol. The van der Waals surface area contributed by atoms with E-state index in [0.717, 1.165) is 11.3 Å². The van der Waals surface area contributed by atoms with Crippen LogP contribution >= 0.6 is 0 Å². The van der Waals surface area contributed by atoms with Gasteiger partial charge in [0, 0.05) is 13.0 Å². The summed E-state index contributed by atoms with van der Waals surface area (Å²) in [6, 6.07) is 7.71. The van der Waals surface area contributed by atoms with Gasteiger partial charge in [-0.15, -0.1) is 0 Å². The number of methoxy groups -OCH3 is 1. The lowest BCUT2D eigenvalue weighted by atomic mass is 9.92. The van der Waals surface area contributed by atoms with Gasteiger partial charge in [0.1, 0.15) is 5.75 Å². The highest BCUT2D eigenvalue weighted by Gasteiger charge is 2.15. The standard InChI is InChI=1S/C14H21NO2/c1-14(2,3)9-13(16)15-10-11-6-5-7-12(8-11)17-4/h5-8H,9-10H2,1-4H3,(H,15,16). The van der Waals surface area contributed by atoms with Crippen LogP contribution in [-0.4, -0.2) is 13.0 Å². The molecule has 17 heavy (non-hydrogen) atoms. The zero-order chi connectivity index (χ0) is 12.9. The van der Waals surface area contributed by atoms with E-state index in [9.17, 15) is 4.79 Å². The van der Waals surface area contributed by atoms with Crippen LogP contribution in [-0.2, 0) is 11.3 Å². The van der Waals surface area contributed by atoms with Gasteiger partial charge < -0.3 is 10.1 Å². The number of rotatable bonds is 4. The molecule has 0 bridgehead atoms. The normalized spacial score (nSPS) is 11.1. The second-order valence-corrected chi connectivity index (χ2v) is 5.37. The molecular weight excluding hydrogens is 214 g/mol. The maximum absolute atomic E-state index is 11.6. The highest BCUT2D eigenvalue weighted by atomic mass is 16.5. The largest absolute Gasteiger partial charge is 0.497 e. The first kappa shape index (κ1) is 13.6. The van der Waals surface area contributed by atoms with Gasteiger partial charge >= 0.3 is 0 Å². The van der Waals surface area contributed by atoms with E-state index < -0.39 is 0 Å². The first-order valence-corrected chi connectivity index (χ1v) is 5.80. The molecule has 0 aliphatic carbocycles. The molecule has 0 aliphatic rings. The van der Waals surface area contributed by atoms with Crippen LogP contribution in [0.25, 0.3) is 0 Å². The summed E-state index contributed by atoms with van der Waals surface area (Å²) in [5, 5.41) is 2.91. The summed E-state index contributed by atoms with van der Waals surface area (Å²) < 4.78 is 5.13. The maximum atomic E-state index is 11.6. The fourth-order valence-corrected chi connectivity index (χ4v) is 1.53. The van der Waals surface area contributed by atoms with E-state index in [1.54, 1.807) is 7.11 Å². The summed E-state index contributed by atoms with van der Waals surface area (Å²) in [6.07, 6.45) is 0.539. The molecule has 1 amide bonds. The molecule has 0 aromatic heterocycles. The van der Waals surface area contributed by atoms with Crippen LogP contribution in [0.1, 0.15) is 32.8 Å². The van der Waals surface area contributed by atoms with Crippen molar-refractivity contribution in [3.63, 3.8) is 0 Å². The lowest BCUT2D eigenvalue weighted by molar-refractivity contribution is -0.122. The summed E-state index contributed by atoms with van der Waals surface area (Å²) in [5.41, 5.74) is 1.07. The Morgan fingerprint density at radius 1 is 1.35 bits per heavy atom. The van der Waals surface area contributed by atoms with Crippen molar-refractivity contribution in [2.75, 3.05) is 7.11 Å². The third kappa shape index (κ3) is 5.38. The van der Waals surface area contributed by atoms with E-state index in [-0.39, 0.29) is 11.3 Å². The Labute approximate surface area is 103 Å². The first-order chi connectivity index (χ1) is 7.90. The Morgan fingerprint density at radius 2 is 2.06 bits per heavy atom. The van der Waals surface area contributed by atoms with Crippen LogP contribution in [0.2, 0.25) is 0 Å². The maximum Gasteiger partial charge on any atom is 0.220 e. The molecule has 3 heteroatoms. The van der Waals surface area contributed by atoms with E-state index in [1.807, 2.05) is 24.3 Å². The molecule has 1 aromatic carbocycles. The molecule has 1 aromatic rings. The average Bonchev–Trinajstić information content (AvgIpc) is 2.24. The number of benzene rings is 1. The number of amides is 1. The van der Waals surface area contributed by atoms with Crippen molar-refractivity contribution >= 4 is 5.91 Å². The molecular formula is C14H21NO2. The van der Waals surface area contributed by atoms with Gasteiger partial charge in [-0.2, -0.15) is 0 Å². The van der Waals surface area contributed by atoms with Crippen molar-refractivity contribution in [2.45, 2.75) is 33.7 Å². The molecule has 0 aliphatic heterocycles. The van der Waals surface area contributed by atoms with Crippen molar-refractivity contribution in [1.82, 2.24) is 5.32 Å². The smallest absolute Gasteiger partial charge is 0.220 e. The zero-order valence-corrected chi connectivity index (χ0v) is 11.0. The molecule has 1 rings (SSSR count). The van der Waals surface area contributed by atoms with Crippen LogP contribution in [0.15, 0.2) is 24.3 Å². The van der Waals surface area contributed by atoms with E-state index in [1.165, 1.54) is 0 Å². The predicted octanol–water partition coefficient (Wildman–Crippen LogP) is 2.75. The average molecular weight is 235 g/mol. The molecule has 0 saturated carbocycles. The Bertz CT molecular complexity index is 380. The minimum absolute atomic E-state index is 0.0263. The molecule has 0 radical (unpaired) electrons. The minimum atomic E-state index is 0.0263. The van der Waals surface area contributed by atoms with Crippen LogP contribution < -0.4 is 10.1 Å². The highest BCUT2D eigenvalue weighted by molar-refractivity contribution is 5.76. The first-order valence-electron chi connectivity index (χ1n) is 5.80. The van der Waals surface area contributed by atoms with Crippen LogP contribution in [0.5, 0.6) is 5.75 Å². The number of carbonyl (C=O) groups excluding carboxylic acids is 1. The van der Waals surface area contributed by atoms with Gasteiger partial charge in [0.25, 0.3) is 0 Å². The molecule has 0 atom stereocenters. The van der Waals surface area contributed by atoms with Gasteiger partial charge in [-0.05, 0) is 23.1 Å². The summed E-state index contributed by atoms with van der Waals surface area (Å²) >= 11 is 0. The Balaban J connectivity index is 2.47. The number of hydrogen-bond acceptors (Lipinski definition) is 2. The third-order valence-electron chi connectivity index (χ3n) is 2.31. The van der Waals surface area contributed by atoms with Gasteiger partial charge in [0.15, 0.2) is 0 Å². The minimum Gasteiger partial charge on any atom is -0.497 e. The van der Waals surface area contributed by atoms with E-state index in [2.05, 4.69) is 26.1 Å². The summed E-state index contributed by atoms with van der Waals surface area (Å²) in [7, 11) is 1.64. The van der Waals surface area contributed by atoms with Gasteiger partial charge in [0.05, 0.1) is 7.11 Å². The van der Waals surface area contributed by atoms with Crippen molar-refractivity contribution in [3.8, 4) is 5.75 Å². The fraction of sp³-hybridized carbons (Fsp3) is 0.500. The van der Waals surface area contributed by atoms with E-state index in [4.69, 9.17) is 4.74 Å². The molecule has 0 heterocycles. The van der Waals surface area contributed by atoms with Crippen LogP contribution in [0.4, 0.5) is 0 Å². The zero-order valence-electron chi connectivity index (χ0n) is 11.0. The van der Waals surface area contributed by atoms with Gasteiger partial charge in [-0.3, -0.25) is 4.79 Å². The van der Waals surface area contributed by atoms with Gasteiger partial charge in [-0.1, -0.05) is 32.9 Å². The second-order valence-electron chi connectivity index (χ2n) is 5.37. The molecule has 94 valence electrons. The molecule has 0 unspecified atom stereocenters. The lowest BCUT2D eigenvalue weighted by Crippen LogP contribution is -2.27. The number of ether oxygens (including phenoxy) is 1. The predicted molar refractivity (Wildman–Crippen MR) is 68.9 cm³/mol. The fourth-order valence-electron chi connectivity index (χ4n) is 1.53. The topological polar surface area (TPSA) is 38.3 Å². The van der Waals surface area contributed by atoms with Crippen molar-refractivity contribution in [2.24, 2.45) is 5.41 Å². The molecule has 0 saturated heterocycles. The Hall–Kier alpha value is -1.51. The Kier molecular flexibility index (Phi) is 4.55. The summed E-state index contributed by atoms with van der Waals surface area (Å²) in [4.78, 5) is 11.6. The quantitative estimate of drug-likeness (QED) is 0.871. The SMILES string of the molecule is COc1cccc(CNC(=O)CC(C)(C)C)c1. The van der Waals surface area contributed by atoms with Crippen LogP contribution in [0, 0.1) is 5.41 Å². The number of hydrogen-bond donors (Lipinski definition) is 1. The molecule has 0 spiro atoms. The molecule has 0 fully saturated rings. The summed E-state index contributed by atoms with van der Waals surface area (Å²) in [5.74, 6) is 0.896. The lowest BCUT2D eigenvalue weighted by Gasteiger charge is -2.17.